The van der Waals surface area contributed by atoms with Gasteiger partial charge in [0.15, 0.2) is 12.4 Å². The van der Waals surface area contributed by atoms with Crippen molar-refractivity contribution in [1.82, 2.24) is 10.6 Å². The molecule has 8 heteroatoms. The van der Waals surface area contributed by atoms with E-state index in [-0.39, 0.29) is 11.4 Å². The summed E-state index contributed by atoms with van der Waals surface area (Å²) in [5.74, 6) is -0.716. The SMILES string of the molecule is CNC(=O)NC(=O)COc1cc(C)ccc1[N+](=O)[O-]. The zero-order chi connectivity index (χ0) is 14.4. The van der Waals surface area contributed by atoms with Gasteiger partial charge in [-0.05, 0) is 18.6 Å². The molecule has 0 radical (unpaired) electrons. The fourth-order valence-corrected chi connectivity index (χ4v) is 1.26. The van der Waals surface area contributed by atoms with Gasteiger partial charge in [-0.25, -0.2) is 4.79 Å². The molecule has 0 fully saturated rings. The Hall–Kier alpha value is -2.64. The molecule has 0 atom stereocenters. The minimum Gasteiger partial charge on any atom is -0.477 e. The third kappa shape index (κ3) is 4.26. The van der Waals surface area contributed by atoms with Gasteiger partial charge in [-0.1, -0.05) is 6.07 Å². The second-order valence-corrected chi connectivity index (χ2v) is 3.64. The number of nitrogens with one attached hydrogen (secondary N) is 2. The first kappa shape index (κ1) is 14.4. The Labute approximate surface area is 108 Å². The van der Waals surface area contributed by atoms with Crippen LogP contribution < -0.4 is 15.4 Å². The van der Waals surface area contributed by atoms with E-state index in [9.17, 15) is 19.7 Å². The lowest BCUT2D eigenvalue weighted by molar-refractivity contribution is -0.385. The van der Waals surface area contributed by atoms with Gasteiger partial charge in [0.1, 0.15) is 0 Å². The molecule has 0 saturated carbocycles. The normalized spacial score (nSPS) is 9.58. The van der Waals surface area contributed by atoms with Gasteiger partial charge in [-0.2, -0.15) is 0 Å². The zero-order valence-electron chi connectivity index (χ0n) is 10.4. The molecular weight excluding hydrogens is 254 g/mol. The Balaban J connectivity index is 2.72. The van der Waals surface area contributed by atoms with Crippen LogP contribution in [0.2, 0.25) is 0 Å². The van der Waals surface area contributed by atoms with Gasteiger partial charge in [0.25, 0.3) is 5.91 Å². The highest BCUT2D eigenvalue weighted by Gasteiger charge is 2.16. The lowest BCUT2D eigenvalue weighted by Crippen LogP contribution is -2.39. The minimum absolute atomic E-state index is 0.0166. The van der Waals surface area contributed by atoms with Crippen molar-refractivity contribution >= 4 is 17.6 Å². The highest BCUT2D eigenvalue weighted by atomic mass is 16.6. The number of nitrogens with zero attached hydrogens (tertiary/aromatic N) is 1. The Kier molecular flexibility index (Phi) is 4.81. The number of carbonyl (C=O) groups excluding carboxylic acids is 2. The molecule has 0 aliphatic carbocycles. The van der Waals surface area contributed by atoms with Crippen LogP contribution in [0.15, 0.2) is 18.2 Å². The second kappa shape index (κ2) is 6.34. The standard InChI is InChI=1S/C11H13N3O5/c1-7-3-4-8(14(17)18)9(5-7)19-6-10(15)13-11(16)12-2/h3-5H,6H2,1-2H3,(H2,12,13,15,16). The summed E-state index contributed by atoms with van der Waals surface area (Å²) in [5.41, 5.74) is 0.519. The van der Waals surface area contributed by atoms with E-state index in [0.717, 1.165) is 5.56 Å². The van der Waals surface area contributed by atoms with Crippen molar-refractivity contribution in [3.05, 3.63) is 33.9 Å². The Morgan fingerprint density at radius 2 is 2.11 bits per heavy atom. The molecule has 0 bridgehead atoms. The molecular formula is C11H13N3O5. The van der Waals surface area contributed by atoms with Crippen LogP contribution in [-0.4, -0.2) is 30.5 Å². The van der Waals surface area contributed by atoms with E-state index in [2.05, 4.69) is 5.32 Å². The van der Waals surface area contributed by atoms with Gasteiger partial charge in [-0.15, -0.1) is 0 Å². The van der Waals surface area contributed by atoms with Crippen LogP contribution in [0.5, 0.6) is 5.75 Å². The summed E-state index contributed by atoms with van der Waals surface area (Å²) in [6.45, 7) is 1.25. The second-order valence-electron chi connectivity index (χ2n) is 3.64. The number of hydrogen-bond acceptors (Lipinski definition) is 5. The van der Waals surface area contributed by atoms with Crippen LogP contribution in [0.3, 0.4) is 0 Å². The molecule has 2 N–H and O–H groups in total. The monoisotopic (exact) mass is 267 g/mol. The van der Waals surface area contributed by atoms with E-state index >= 15 is 0 Å². The summed E-state index contributed by atoms with van der Waals surface area (Å²) in [4.78, 5) is 32.3. The van der Waals surface area contributed by atoms with Crippen molar-refractivity contribution in [2.45, 2.75) is 6.92 Å². The van der Waals surface area contributed by atoms with E-state index in [4.69, 9.17) is 4.74 Å². The van der Waals surface area contributed by atoms with Gasteiger partial charge >= 0.3 is 11.7 Å². The Bertz CT molecular complexity index is 515. The molecule has 0 unspecified atom stereocenters. The number of aryl methyl sites for hydroxylation is 1. The summed E-state index contributed by atoms with van der Waals surface area (Å²) in [6.07, 6.45) is 0. The van der Waals surface area contributed by atoms with Crippen molar-refractivity contribution < 1.29 is 19.2 Å². The number of ether oxygens (including phenoxy) is 1. The first-order chi connectivity index (χ1) is 8.93. The van der Waals surface area contributed by atoms with E-state index in [1.165, 1.54) is 19.2 Å². The molecule has 0 saturated heterocycles. The van der Waals surface area contributed by atoms with Crippen molar-refractivity contribution in [2.75, 3.05) is 13.7 Å². The lowest BCUT2D eigenvalue weighted by Gasteiger charge is -2.07. The molecule has 0 heterocycles. The Morgan fingerprint density at radius 3 is 2.68 bits per heavy atom. The minimum atomic E-state index is -0.699. The lowest BCUT2D eigenvalue weighted by atomic mass is 10.2. The quantitative estimate of drug-likeness (QED) is 0.617. The summed E-state index contributed by atoms with van der Waals surface area (Å²) in [5, 5.41) is 14.9. The van der Waals surface area contributed by atoms with Gasteiger partial charge in [0, 0.05) is 13.1 Å². The maximum Gasteiger partial charge on any atom is 0.321 e. The highest BCUT2D eigenvalue weighted by molar-refractivity contribution is 5.94. The predicted molar refractivity (Wildman–Crippen MR) is 65.9 cm³/mol. The van der Waals surface area contributed by atoms with E-state index in [1.807, 2.05) is 5.32 Å². The van der Waals surface area contributed by atoms with Crippen LogP contribution in [0.25, 0.3) is 0 Å². The number of amides is 3. The van der Waals surface area contributed by atoms with Crippen molar-refractivity contribution in [1.29, 1.82) is 0 Å². The molecule has 19 heavy (non-hydrogen) atoms. The molecule has 0 aromatic heterocycles. The fourth-order valence-electron chi connectivity index (χ4n) is 1.26. The average molecular weight is 267 g/mol. The molecule has 1 aromatic rings. The van der Waals surface area contributed by atoms with Crippen LogP contribution in [0.1, 0.15) is 5.56 Å². The predicted octanol–water partition coefficient (Wildman–Crippen LogP) is 0.738. The maximum atomic E-state index is 11.3. The molecule has 0 aliphatic heterocycles. The molecule has 0 spiro atoms. The molecule has 102 valence electrons. The number of carbonyl (C=O) groups is 2. The fraction of sp³-hybridized carbons (Fsp3) is 0.273. The Morgan fingerprint density at radius 1 is 1.42 bits per heavy atom. The van der Waals surface area contributed by atoms with Crippen molar-refractivity contribution in [2.24, 2.45) is 0 Å². The summed E-state index contributed by atoms with van der Waals surface area (Å²) in [6, 6.07) is 3.63. The van der Waals surface area contributed by atoms with E-state index in [0.29, 0.717) is 0 Å². The third-order valence-electron chi connectivity index (χ3n) is 2.15. The van der Waals surface area contributed by atoms with Crippen LogP contribution in [0, 0.1) is 17.0 Å². The number of nitro benzene ring substituents is 1. The smallest absolute Gasteiger partial charge is 0.321 e. The number of hydrogen-bond donors (Lipinski definition) is 2. The van der Waals surface area contributed by atoms with Crippen LogP contribution in [0.4, 0.5) is 10.5 Å². The number of imide groups is 1. The topological polar surface area (TPSA) is 111 Å². The summed E-state index contributed by atoms with van der Waals surface area (Å²) >= 11 is 0. The summed E-state index contributed by atoms with van der Waals surface area (Å²) in [7, 11) is 1.36. The van der Waals surface area contributed by atoms with Gasteiger partial charge < -0.3 is 10.1 Å². The zero-order valence-corrected chi connectivity index (χ0v) is 10.4. The number of rotatable bonds is 4. The van der Waals surface area contributed by atoms with Crippen LogP contribution in [-0.2, 0) is 4.79 Å². The first-order valence-electron chi connectivity index (χ1n) is 5.33. The highest BCUT2D eigenvalue weighted by Crippen LogP contribution is 2.27. The van der Waals surface area contributed by atoms with Gasteiger partial charge in [0.2, 0.25) is 0 Å². The average Bonchev–Trinajstić information content (AvgIpc) is 2.35. The van der Waals surface area contributed by atoms with Crippen molar-refractivity contribution in [3.8, 4) is 5.75 Å². The number of nitro groups is 1. The van der Waals surface area contributed by atoms with Gasteiger partial charge in [0.05, 0.1) is 4.92 Å². The van der Waals surface area contributed by atoms with E-state index < -0.39 is 23.5 Å². The van der Waals surface area contributed by atoms with Gasteiger partial charge in [-0.3, -0.25) is 20.2 Å². The molecule has 1 rings (SSSR count). The number of benzene rings is 1. The van der Waals surface area contributed by atoms with Crippen molar-refractivity contribution in [3.63, 3.8) is 0 Å². The third-order valence-corrected chi connectivity index (χ3v) is 2.15. The molecule has 8 nitrogen and oxygen atoms in total. The van der Waals surface area contributed by atoms with E-state index in [1.54, 1.807) is 13.0 Å². The molecule has 0 aliphatic rings. The largest absolute Gasteiger partial charge is 0.477 e. The maximum absolute atomic E-state index is 11.3. The molecule has 1 aromatic carbocycles. The number of urea groups is 1. The summed E-state index contributed by atoms with van der Waals surface area (Å²) < 4.78 is 5.05. The van der Waals surface area contributed by atoms with Crippen LogP contribution >= 0.6 is 0 Å². The first-order valence-corrected chi connectivity index (χ1v) is 5.33. The molecule has 3 amide bonds.